The van der Waals surface area contributed by atoms with Gasteiger partial charge in [-0.2, -0.15) is 0 Å². The zero-order valence-corrected chi connectivity index (χ0v) is 31.8. The molecule has 0 N–H and O–H groups in total. The van der Waals surface area contributed by atoms with E-state index >= 15 is 0 Å². The number of hydrogen-bond donors (Lipinski definition) is 0. The SMILES string of the molecule is C=C/C=C(\C=C)C1(C2C=CC=CC2)c2ccccc2-c2ccc(N(/C(=C/C)C(=C)O/C(C)=C/C(=C)c3ccccc3)c3cccc(-c4ccccc4)c3)cc21. The molecule has 2 aliphatic rings. The highest BCUT2D eigenvalue weighted by atomic mass is 16.5. The predicted octanol–water partition coefficient (Wildman–Crippen LogP) is 14.2. The lowest BCUT2D eigenvalue weighted by Gasteiger charge is -2.41. The van der Waals surface area contributed by atoms with E-state index in [-0.39, 0.29) is 5.92 Å². The van der Waals surface area contributed by atoms with Crippen molar-refractivity contribution in [2.24, 2.45) is 5.92 Å². The maximum atomic E-state index is 6.55. The van der Waals surface area contributed by atoms with Crippen LogP contribution < -0.4 is 4.90 Å². The summed E-state index contributed by atoms with van der Waals surface area (Å²) in [6, 6.07) is 45.0. The summed E-state index contributed by atoms with van der Waals surface area (Å²) in [5.74, 6) is 1.37. The molecule has 0 spiro atoms. The topological polar surface area (TPSA) is 12.5 Å². The maximum Gasteiger partial charge on any atom is 0.143 e. The fourth-order valence-electron chi connectivity index (χ4n) is 8.31. The highest BCUT2D eigenvalue weighted by molar-refractivity contribution is 5.88. The molecule has 0 bridgehead atoms. The largest absolute Gasteiger partial charge is 0.460 e. The Morgan fingerprint density at radius 3 is 2.15 bits per heavy atom. The van der Waals surface area contributed by atoms with Crippen LogP contribution in [0.1, 0.15) is 37.0 Å². The van der Waals surface area contributed by atoms with E-state index in [0.717, 1.165) is 51.3 Å². The highest BCUT2D eigenvalue weighted by Crippen LogP contribution is 2.59. The van der Waals surface area contributed by atoms with Gasteiger partial charge in [0, 0.05) is 11.4 Å². The fraction of sp³-hybridized carbons (Fsp3) is 0.0943. The first kappa shape index (κ1) is 36.7. The van der Waals surface area contributed by atoms with Gasteiger partial charge in [-0.15, -0.1) is 0 Å². The quantitative estimate of drug-likeness (QED) is 0.0890. The minimum atomic E-state index is -0.503. The normalized spacial score (nSPS) is 17.6. The van der Waals surface area contributed by atoms with Crippen molar-refractivity contribution in [1.29, 1.82) is 0 Å². The van der Waals surface area contributed by atoms with Crippen LogP contribution in [-0.2, 0) is 10.2 Å². The zero-order chi connectivity index (χ0) is 38.4. The third-order valence-corrected chi connectivity index (χ3v) is 10.7. The fourth-order valence-corrected chi connectivity index (χ4v) is 8.31. The van der Waals surface area contributed by atoms with Gasteiger partial charge in [0.05, 0.1) is 11.1 Å². The van der Waals surface area contributed by atoms with Gasteiger partial charge >= 0.3 is 0 Å². The lowest BCUT2D eigenvalue weighted by molar-refractivity contribution is 0.317. The Morgan fingerprint density at radius 2 is 1.44 bits per heavy atom. The standard InChI is InChI=1S/C53H47NO/c1-7-22-44(8-2)53(45-28-17-12-18-29-45)50-32-20-19-31-48(50)49-34-33-47(37-51(49)53)54(46-30-21-27-43(36-46)42-25-15-11-16-26-42)52(9-3)40(6)55-39(5)35-38(4)41-23-13-10-14-24-41/h7-28,30-37,45H,1-2,4,6,29H2,3,5H3/b39-35+,44-22+,52-9+. The van der Waals surface area contributed by atoms with Crippen molar-refractivity contribution >= 4 is 16.9 Å². The van der Waals surface area contributed by atoms with Crippen molar-refractivity contribution in [2.45, 2.75) is 25.7 Å². The van der Waals surface area contributed by atoms with E-state index in [9.17, 15) is 0 Å². The lowest BCUT2D eigenvalue weighted by atomic mass is 9.61. The summed E-state index contributed by atoms with van der Waals surface area (Å²) in [5, 5.41) is 0. The number of rotatable bonds is 13. The van der Waals surface area contributed by atoms with Gasteiger partial charge in [0.2, 0.25) is 0 Å². The minimum Gasteiger partial charge on any atom is -0.460 e. The molecule has 0 amide bonds. The first-order chi connectivity index (χ1) is 26.9. The molecule has 2 atom stereocenters. The number of benzene rings is 5. The average molecular weight is 714 g/mol. The number of ether oxygens (including phenoxy) is 1. The van der Waals surface area contributed by atoms with Gasteiger partial charge in [0.25, 0.3) is 0 Å². The molecule has 0 heterocycles. The van der Waals surface area contributed by atoms with Crippen molar-refractivity contribution in [2.75, 3.05) is 4.90 Å². The Morgan fingerprint density at radius 1 is 0.745 bits per heavy atom. The molecule has 0 radical (unpaired) electrons. The van der Waals surface area contributed by atoms with Gasteiger partial charge < -0.3 is 9.64 Å². The van der Waals surface area contributed by atoms with Gasteiger partial charge in [-0.25, -0.2) is 0 Å². The molecule has 5 aromatic rings. The van der Waals surface area contributed by atoms with Crippen molar-refractivity contribution in [3.63, 3.8) is 0 Å². The Hall–Kier alpha value is -6.64. The molecule has 7 rings (SSSR count). The van der Waals surface area contributed by atoms with E-state index in [4.69, 9.17) is 4.74 Å². The van der Waals surface area contributed by atoms with Crippen LogP contribution in [0.25, 0.3) is 27.8 Å². The summed E-state index contributed by atoms with van der Waals surface area (Å²) in [5.41, 5.74) is 12.5. The van der Waals surface area contributed by atoms with E-state index in [0.29, 0.717) is 11.5 Å². The highest BCUT2D eigenvalue weighted by Gasteiger charge is 2.49. The van der Waals surface area contributed by atoms with Crippen molar-refractivity contribution in [3.05, 3.63) is 248 Å². The molecule has 0 saturated carbocycles. The van der Waals surface area contributed by atoms with Crippen LogP contribution in [0.2, 0.25) is 0 Å². The molecule has 0 aromatic heterocycles. The summed E-state index contributed by atoms with van der Waals surface area (Å²) in [6.45, 7) is 21.3. The monoisotopic (exact) mass is 713 g/mol. The average Bonchev–Trinajstić information content (AvgIpc) is 3.52. The van der Waals surface area contributed by atoms with Crippen LogP contribution in [-0.4, -0.2) is 0 Å². The second-order valence-electron chi connectivity index (χ2n) is 13.9. The van der Waals surface area contributed by atoms with Crippen LogP contribution in [0, 0.1) is 5.92 Å². The molecule has 2 heteroatoms. The van der Waals surface area contributed by atoms with Crippen molar-refractivity contribution < 1.29 is 4.74 Å². The van der Waals surface area contributed by atoms with Crippen molar-refractivity contribution in [3.8, 4) is 22.3 Å². The molecule has 2 unspecified atom stereocenters. The number of hydrogen-bond acceptors (Lipinski definition) is 2. The molecule has 55 heavy (non-hydrogen) atoms. The number of anilines is 2. The van der Waals surface area contributed by atoms with E-state index in [2.05, 4.69) is 159 Å². The van der Waals surface area contributed by atoms with Gasteiger partial charge in [-0.1, -0.05) is 178 Å². The van der Waals surface area contributed by atoms with Gasteiger partial charge in [-0.05, 0) is 107 Å². The molecule has 0 saturated heterocycles. The van der Waals surface area contributed by atoms with Crippen molar-refractivity contribution in [1.82, 2.24) is 0 Å². The van der Waals surface area contributed by atoms with Crippen LogP contribution in [0.15, 0.2) is 231 Å². The molecular weight excluding hydrogens is 667 g/mol. The van der Waals surface area contributed by atoms with Gasteiger partial charge in [-0.3, -0.25) is 0 Å². The Labute approximate surface area is 327 Å². The van der Waals surface area contributed by atoms with E-state index in [1.165, 1.54) is 22.3 Å². The number of allylic oxidation sites excluding steroid dienone is 12. The number of nitrogens with zero attached hydrogens (tertiary/aromatic N) is 1. The van der Waals surface area contributed by atoms with E-state index < -0.39 is 5.41 Å². The minimum absolute atomic E-state index is 0.152. The van der Waals surface area contributed by atoms with E-state index in [1.807, 2.05) is 68.5 Å². The number of fused-ring (bicyclic) bond motifs is 3. The summed E-state index contributed by atoms with van der Waals surface area (Å²) >= 11 is 0. The van der Waals surface area contributed by atoms with Crippen LogP contribution >= 0.6 is 0 Å². The smallest absolute Gasteiger partial charge is 0.143 e. The molecule has 270 valence electrons. The summed E-state index contributed by atoms with van der Waals surface area (Å²) < 4.78 is 6.55. The third-order valence-electron chi connectivity index (χ3n) is 10.7. The predicted molar refractivity (Wildman–Crippen MR) is 235 cm³/mol. The molecule has 0 fully saturated rings. The third kappa shape index (κ3) is 6.96. The molecule has 0 aliphatic heterocycles. The van der Waals surface area contributed by atoms with Gasteiger partial charge in [0.1, 0.15) is 11.5 Å². The van der Waals surface area contributed by atoms with Crippen LogP contribution in [0.3, 0.4) is 0 Å². The molecule has 5 aromatic carbocycles. The Kier molecular flexibility index (Phi) is 10.8. The second kappa shape index (κ2) is 16.2. The van der Waals surface area contributed by atoms with E-state index in [1.54, 1.807) is 0 Å². The Balaban J connectivity index is 1.41. The first-order valence-electron chi connectivity index (χ1n) is 18.9. The summed E-state index contributed by atoms with van der Waals surface area (Å²) in [6.07, 6.45) is 19.9. The van der Waals surface area contributed by atoms with Gasteiger partial charge in [0.15, 0.2) is 0 Å². The molecular formula is C53H47NO. The maximum absolute atomic E-state index is 6.55. The zero-order valence-electron chi connectivity index (χ0n) is 31.8. The molecule has 2 aliphatic carbocycles. The Bertz CT molecular complexity index is 2420. The summed E-state index contributed by atoms with van der Waals surface area (Å²) in [4.78, 5) is 2.27. The second-order valence-corrected chi connectivity index (χ2v) is 13.9. The summed E-state index contributed by atoms with van der Waals surface area (Å²) in [7, 11) is 0. The van der Waals surface area contributed by atoms with Crippen LogP contribution in [0.5, 0.6) is 0 Å². The van der Waals surface area contributed by atoms with Crippen LogP contribution in [0.4, 0.5) is 11.4 Å². The lowest BCUT2D eigenvalue weighted by Crippen LogP contribution is -2.36. The molecule has 2 nitrogen and oxygen atoms in total. The first-order valence-corrected chi connectivity index (χ1v) is 18.9.